The molecule has 0 aromatic heterocycles. The Bertz CT molecular complexity index is 771. The maximum absolute atomic E-state index is 13.6. The summed E-state index contributed by atoms with van der Waals surface area (Å²) in [4.78, 5) is 39.9. The first-order chi connectivity index (χ1) is 11.9. The van der Waals surface area contributed by atoms with Gasteiger partial charge < -0.3 is 5.11 Å². The van der Waals surface area contributed by atoms with Gasteiger partial charge in [-0.15, -0.1) is 0 Å². The highest BCUT2D eigenvalue weighted by Crippen LogP contribution is 2.71. The first kappa shape index (κ1) is 19.1. The van der Waals surface area contributed by atoms with Crippen LogP contribution in [-0.2, 0) is 14.4 Å². The Hall–Kier alpha value is -1.71. The lowest BCUT2D eigenvalue weighted by Gasteiger charge is -2.35. The summed E-state index contributed by atoms with van der Waals surface area (Å²) in [7, 11) is 0. The summed E-state index contributed by atoms with van der Waals surface area (Å²) in [5.41, 5.74) is -1.75. The van der Waals surface area contributed by atoms with Crippen LogP contribution in [0.2, 0.25) is 0 Å². The molecule has 26 heavy (non-hydrogen) atoms. The smallest absolute Gasteiger partial charge is 0.183 e. The Kier molecular flexibility index (Phi) is 3.96. The molecule has 2 bridgehead atoms. The van der Waals surface area contributed by atoms with Gasteiger partial charge in [0.2, 0.25) is 0 Å². The van der Waals surface area contributed by atoms with Gasteiger partial charge in [0.05, 0.1) is 10.8 Å². The minimum atomic E-state index is -1.19. The zero-order chi connectivity index (χ0) is 19.8. The van der Waals surface area contributed by atoms with Crippen molar-refractivity contribution in [3.05, 3.63) is 23.5 Å². The van der Waals surface area contributed by atoms with Crippen LogP contribution < -0.4 is 0 Å². The van der Waals surface area contributed by atoms with Crippen molar-refractivity contribution in [2.24, 2.45) is 34.0 Å². The van der Waals surface area contributed by atoms with E-state index in [0.717, 1.165) is 5.57 Å². The Labute approximate surface area is 155 Å². The Morgan fingerprint density at radius 3 is 2.35 bits per heavy atom. The summed E-state index contributed by atoms with van der Waals surface area (Å²) in [5, 5.41) is 10.9. The van der Waals surface area contributed by atoms with Crippen molar-refractivity contribution in [2.45, 2.75) is 60.8 Å². The average Bonchev–Trinajstić information content (AvgIpc) is 2.92. The summed E-state index contributed by atoms with van der Waals surface area (Å²) >= 11 is 0. The SMILES string of the molecule is C=C(C)[C@H]1C[C@@]23C(=O)C(C(=O)[C@@H](C)CC)=C(O)[C@](C)(C[C@H]2C1(C)C)C3=O. The zero-order valence-corrected chi connectivity index (χ0v) is 16.7. The van der Waals surface area contributed by atoms with Crippen LogP contribution in [0.3, 0.4) is 0 Å². The van der Waals surface area contributed by atoms with Crippen molar-refractivity contribution >= 4 is 17.3 Å². The van der Waals surface area contributed by atoms with Crippen LogP contribution in [0.4, 0.5) is 0 Å². The van der Waals surface area contributed by atoms with E-state index in [9.17, 15) is 19.5 Å². The van der Waals surface area contributed by atoms with Gasteiger partial charge in [-0.05, 0) is 50.4 Å². The molecule has 0 aliphatic heterocycles. The van der Waals surface area contributed by atoms with Crippen molar-refractivity contribution < 1.29 is 19.5 Å². The van der Waals surface area contributed by atoms with Gasteiger partial charge in [-0.25, -0.2) is 0 Å². The van der Waals surface area contributed by atoms with Crippen molar-refractivity contribution in [2.75, 3.05) is 0 Å². The number of hydrogen-bond donors (Lipinski definition) is 1. The number of fused-ring (bicyclic) bond motifs is 1. The largest absolute Gasteiger partial charge is 0.510 e. The fourth-order valence-corrected chi connectivity index (χ4v) is 5.92. The van der Waals surface area contributed by atoms with E-state index in [1.54, 1.807) is 13.8 Å². The van der Waals surface area contributed by atoms with Gasteiger partial charge in [-0.1, -0.05) is 39.8 Å². The fourth-order valence-electron chi connectivity index (χ4n) is 5.92. The van der Waals surface area contributed by atoms with E-state index in [1.165, 1.54) is 0 Å². The highest BCUT2D eigenvalue weighted by molar-refractivity contribution is 6.32. The molecule has 1 spiro atoms. The van der Waals surface area contributed by atoms with Crippen molar-refractivity contribution in [1.82, 2.24) is 0 Å². The quantitative estimate of drug-likeness (QED) is 0.464. The van der Waals surface area contributed by atoms with Gasteiger partial charge in [0, 0.05) is 5.92 Å². The van der Waals surface area contributed by atoms with Crippen LogP contribution in [0.25, 0.3) is 0 Å². The molecule has 5 atom stereocenters. The zero-order valence-electron chi connectivity index (χ0n) is 16.7. The van der Waals surface area contributed by atoms with Crippen LogP contribution in [0.15, 0.2) is 23.5 Å². The van der Waals surface area contributed by atoms with Crippen LogP contribution in [-0.4, -0.2) is 22.5 Å². The highest BCUT2D eigenvalue weighted by Gasteiger charge is 2.76. The molecule has 0 aromatic rings. The topological polar surface area (TPSA) is 71.4 Å². The number of ketones is 3. The Morgan fingerprint density at radius 2 is 1.85 bits per heavy atom. The molecule has 0 aromatic carbocycles. The summed E-state index contributed by atoms with van der Waals surface area (Å²) in [6, 6.07) is 0. The van der Waals surface area contributed by atoms with Crippen LogP contribution in [0.1, 0.15) is 60.8 Å². The highest BCUT2D eigenvalue weighted by atomic mass is 16.3. The molecular weight excluding hydrogens is 328 g/mol. The third kappa shape index (κ3) is 1.93. The molecule has 4 heteroatoms. The fraction of sp³-hybridized carbons (Fsp3) is 0.682. The predicted octanol–water partition coefficient (Wildman–Crippen LogP) is 4.20. The van der Waals surface area contributed by atoms with Gasteiger partial charge in [-0.3, -0.25) is 14.4 Å². The molecule has 2 fully saturated rings. The van der Waals surface area contributed by atoms with Gasteiger partial charge in [0.15, 0.2) is 17.3 Å². The van der Waals surface area contributed by atoms with Gasteiger partial charge in [0.1, 0.15) is 11.3 Å². The third-order valence-corrected chi connectivity index (χ3v) is 7.73. The molecule has 2 saturated carbocycles. The summed E-state index contributed by atoms with van der Waals surface area (Å²) in [5.74, 6) is -1.76. The average molecular weight is 358 g/mol. The molecule has 3 aliphatic carbocycles. The third-order valence-electron chi connectivity index (χ3n) is 7.73. The molecule has 3 aliphatic rings. The number of aliphatic hydroxyl groups excluding tert-OH is 1. The summed E-state index contributed by atoms with van der Waals surface area (Å²) in [6.45, 7) is 15.6. The molecule has 0 heterocycles. The van der Waals surface area contributed by atoms with Gasteiger partial charge >= 0.3 is 0 Å². The number of allylic oxidation sites excluding steroid dienone is 3. The molecule has 0 amide bonds. The van der Waals surface area contributed by atoms with E-state index in [2.05, 4.69) is 20.4 Å². The van der Waals surface area contributed by atoms with Crippen LogP contribution >= 0.6 is 0 Å². The number of rotatable bonds is 4. The summed E-state index contributed by atoms with van der Waals surface area (Å²) < 4.78 is 0. The standard InChI is InChI=1S/C22H30O4/c1-8-12(4)16(23)15-17(24)21(7)10-14-20(5,6)13(11(2)3)9-22(14,18(15)25)19(21)26/h12-14,24H,2,8-10H2,1,3-7H3/t12-,13+,14-,21-,22-/m0/s1. The van der Waals surface area contributed by atoms with Gasteiger partial charge in [0.25, 0.3) is 0 Å². The number of hydrogen-bond acceptors (Lipinski definition) is 4. The lowest BCUT2D eigenvalue weighted by atomic mass is 9.64. The van der Waals surface area contributed by atoms with E-state index in [0.29, 0.717) is 19.3 Å². The van der Waals surface area contributed by atoms with Crippen LogP contribution in [0.5, 0.6) is 0 Å². The van der Waals surface area contributed by atoms with E-state index in [1.807, 2.05) is 13.8 Å². The Morgan fingerprint density at radius 1 is 1.27 bits per heavy atom. The lowest BCUT2D eigenvalue weighted by Crippen LogP contribution is -2.49. The molecule has 1 N–H and O–H groups in total. The molecule has 0 saturated heterocycles. The minimum absolute atomic E-state index is 0.0464. The number of carbonyl (C=O) groups is 3. The molecule has 0 unspecified atom stereocenters. The second-order valence-corrected chi connectivity index (χ2v) is 9.54. The maximum atomic E-state index is 13.6. The van der Waals surface area contributed by atoms with Crippen molar-refractivity contribution in [3.8, 4) is 0 Å². The van der Waals surface area contributed by atoms with E-state index < -0.39 is 16.6 Å². The minimum Gasteiger partial charge on any atom is -0.510 e. The predicted molar refractivity (Wildman–Crippen MR) is 99.5 cm³/mol. The molecule has 4 nitrogen and oxygen atoms in total. The Balaban J connectivity index is 2.23. The number of Topliss-reactive ketones (excluding diaryl/α,β-unsaturated/α-hetero) is 3. The van der Waals surface area contributed by atoms with E-state index in [-0.39, 0.29) is 46.1 Å². The first-order valence-corrected chi connectivity index (χ1v) is 9.60. The van der Waals surface area contributed by atoms with Crippen LogP contribution in [0, 0.1) is 34.0 Å². The lowest BCUT2D eigenvalue weighted by molar-refractivity contribution is -0.144. The molecule has 142 valence electrons. The maximum Gasteiger partial charge on any atom is 0.183 e. The van der Waals surface area contributed by atoms with Crippen molar-refractivity contribution in [1.29, 1.82) is 0 Å². The number of carbonyl (C=O) groups excluding carboxylic acids is 3. The molecule has 3 rings (SSSR count). The number of aliphatic hydroxyl groups is 1. The monoisotopic (exact) mass is 358 g/mol. The summed E-state index contributed by atoms with van der Waals surface area (Å²) in [6.07, 6.45) is 1.40. The molecule has 0 radical (unpaired) electrons. The molecular formula is C22H30O4. The first-order valence-electron chi connectivity index (χ1n) is 9.60. The van der Waals surface area contributed by atoms with Gasteiger partial charge in [-0.2, -0.15) is 0 Å². The van der Waals surface area contributed by atoms with E-state index >= 15 is 0 Å². The second-order valence-electron chi connectivity index (χ2n) is 9.54. The normalized spacial score (nSPS) is 39.2. The van der Waals surface area contributed by atoms with Crippen molar-refractivity contribution in [3.63, 3.8) is 0 Å². The van der Waals surface area contributed by atoms with E-state index in [4.69, 9.17) is 0 Å². The second kappa shape index (κ2) is 5.40.